The van der Waals surface area contributed by atoms with Crippen molar-refractivity contribution in [2.24, 2.45) is 0 Å². The van der Waals surface area contributed by atoms with Gasteiger partial charge in [0, 0.05) is 11.3 Å². The summed E-state index contributed by atoms with van der Waals surface area (Å²) >= 11 is 0. The summed E-state index contributed by atoms with van der Waals surface area (Å²) < 4.78 is 16.1. The largest absolute Gasteiger partial charge is 0.495 e. The number of esters is 2. The normalized spacial score (nSPS) is 11.4. The second kappa shape index (κ2) is 10.7. The third-order valence-electron chi connectivity index (χ3n) is 5.30. The zero-order valence-electron chi connectivity index (χ0n) is 19.9. The van der Waals surface area contributed by atoms with Crippen molar-refractivity contribution >= 4 is 23.5 Å². The molecule has 2 N–H and O–H groups in total. The number of hydrogen-bond donors (Lipinski definition) is 2. The third-order valence-corrected chi connectivity index (χ3v) is 5.30. The maximum atomic E-state index is 13.3. The minimum atomic E-state index is -1.24. The predicted molar refractivity (Wildman–Crippen MR) is 127 cm³/mol. The number of rotatable bonds is 8. The van der Waals surface area contributed by atoms with E-state index in [9.17, 15) is 14.4 Å². The van der Waals surface area contributed by atoms with Gasteiger partial charge in [0.15, 0.2) is 0 Å². The van der Waals surface area contributed by atoms with Gasteiger partial charge in [-0.15, -0.1) is 0 Å². The number of benzene rings is 2. The fourth-order valence-electron chi connectivity index (χ4n) is 3.65. The summed E-state index contributed by atoms with van der Waals surface area (Å²) in [6.45, 7) is 7.10. The highest BCUT2D eigenvalue weighted by Gasteiger charge is 2.30. The lowest BCUT2D eigenvalue weighted by molar-refractivity contribution is -0.125. The van der Waals surface area contributed by atoms with Gasteiger partial charge in [0.2, 0.25) is 6.10 Å². The first-order valence-corrected chi connectivity index (χ1v) is 10.8. The summed E-state index contributed by atoms with van der Waals surface area (Å²) in [5.41, 5.74) is 3.11. The van der Waals surface area contributed by atoms with Gasteiger partial charge >= 0.3 is 11.9 Å². The fourth-order valence-corrected chi connectivity index (χ4v) is 3.65. The third kappa shape index (κ3) is 5.28. The van der Waals surface area contributed by atoms with Crippen molar-refractivity contribution in [3.05, 3.63) is 82.2 Å². The SMILES string of the molecule is CCOC(=O)c1c(C)[nH]c(C(=O)OC(C(=O)Nc2cc(C)ccc2OC)c2ccccc2)c1C. The van der Waals surface area contributed by atoms with Crippen molar-refractivity contribution in [3.8, 4) is 5.75 Å². The van der Waals surface area contributed by atoms with E-state index in [2.05, 4.69) is 10.3 Å². The molecule has 0 aliphatic carbocycles. The standard InChI is InChI=1S/C26H28N2O6/c1-6-33-25(30)21-16(3)22(27-17(21)4)26(31)34-23(18-10-8-7-9-11-18)24(29)28-19-14-15(2)12-13-20(19)32-5/h7-14,23,27H,6H2,1-5H3,(H,28,29). The van der Waals surface area contributed by atoms with Gasteiger partial charge in [0.05, 0.1) is 25.0 Å². The highest BCUT2D eigenvalue weighted by Crippen LogP contribution is 2.29. The van der Waals surface area contributed by atoms with Crippen LogP contribution in [0.3, 0.4) is 0 Å². The maximum absolute atomic E-state index is 13.3. The lowest BCUT2D eigenvalue weighted by atomic mass is 10.1. The zero-order chi connectivity index (χ0) is 24.8. The van der Waals surface area contributed by atoms with Crippen LogP contribution in [0.1, 0.15) is 56.3 Å². The number of aryl methyl sites for hydroxylation is 2. The minimum Gasteiger partial charge on any atom is -0.495 e. The Kier molecular flexibility index (Phi) is 7.73. The molecule has 3 aromatic rings. The van der Waals surface area contributed by atoms with Crippen LogP contribution < -0.4 is 10.1 Å². The first-order chi connectivity index (χ1) is 16.3. The molecule has 0 radical (unpaired) electrons. The summed E-state index contributed by atoms with van der Waals surface area (Å²) in [4.78, 5) is 41.6. The van der Waals surface area contributed by atoms with Gasteiger partial charge in [0.25, 0.3) is 5.91 Å². The fraction of sp³-hybridized carbons (Fsp3) is 0.269. The molecule has 0 fully saturated rings. The van der Waals surface area contributed by atoms with Gasteiger partial charge in [-0.3, -0.25) is 4.79 Å². The van der Waals surface area contributed by atoms with E-state index in [0.29, 0.717) is 28.3 Å². The molecule has 1 heterocycles. The van der Waals surface area contributed by atoms with Crippen molar-refractivity contribution in [1.29, 1.82) is 0 Å². The summed E-state index contributed by atoms with van der Waals surface area (Å²) in [6, 6.07) is 14.1. The molecule has 3 rings (SSSR count). The van der Waals surface area contributed by atoms with E-state index >= 15 is 0 Å². The van der Waals surface area contributed by atoms with E-state index in [0.717, 1.165) is 5.56 Å². The molecule has 0 aliphatic rings. The molecule has 1 unspecified atom stereocenters. The van der Waals surface area contributed by atoms with Gasteiger partial charge in [-0.05, 0) is 51.0 Å². The Balaban J connectivity index is 1.92. The van der Waals surface area contributed by atoms with Gasteiger partial charge in [0.1, 0.15) is 11.4 Å². The summed E-state index contributed by atoms with van der Waals surface area (Å²) in [6.07, 6.45) is -1.24. The molecule has 1 amide bonds. The minimum absolute atomic E-state index is 0.0856. The summed E-state index contributed by atoms with van der Waals surface area (Å²) in [7, 11) is 1.51. The zero-order valence-corrected chi connectivity index (χ0v) is 19.9. The molecule has 0 bridgehead atoms. The number of hydrogen-bond acceptors (Lipinski definition) is 6. The van der Waals surface area contributed by atoms with Crippen LogP contribution in [-0.2, 0) is 14.3 Å². The maximum Gasteiger partial charge on any atom is 0.356 e. The van der Waals surface area contributed by atoms with Crippen LogP contribution in [0.4, 0.5) is 5.69 Å². The van der Waals surface area contributed by atoms with Crippen LogP contribution in [0.25, 0.3) is 0 Å². The summed E-state index contributed by atoms with van der Waals surface area (Å²) in [5.74, 6) is -1.37. The van der Waals surface area contributed by atoms with Gasteiger partial charge in [-0.2, -0.15) is 0 Å². The van der Waals surface area contributed by atoms with Crippen LogP contribution in [-0.4, -0.2) is 36.5 Å². The molecule has 0 saturated carbocycles. The quantitative estimate of drug-likeness (QED) is 0.470. The Morgan fingerprint density at radius 1 is 1.00 bits per heavy atom. The number of ether oxygens (including phenoxy) is 3. The number of amides is 1. The predicted octanol–water partition coefficient (Wildman–Crippen LogP) is 4.66. The average Bonchev–Trinajstić information content (AvgIpc) is 3.12. The monoisotopic (exact) mass is 464 g/mol. The van der Waals surface area contributed by atoms with Crippen LogP contribution in [0, 0.1) is 20.8 Å². The van der Waals surface area contributed by atoms with E-state index in [-0.39, 0.29) is 17.9 Å². The van der Waals surface area contributed by atoms with E-state index in [1.165, 1.54) is 7.11 Å². The van der Waals surface area contributed by atoms with E-state index in [1.54, 1.807) is 63.2 Å². The van der Waals surface area contributed by atoms with Crippen molar-refractivity contribution < 1.29 is 28.6 Å². The van der Waals surface area contributed by atoms with Gasteiger partial charge in [-0.25, -0.2) is 9.59 Å². The highest BCUT2D eigenvalue weighted by atomic mass is 16.5. The Bertz CT molecular complexity index is 1200. The second-order valence-electron chi connectivity index (χ2n) is 7.73. The van der Waals surface area contributed by atoms with E-state index in [4.69, 9.17) is 14.2 Å². The number of carbonyl (C=O) groups excluding carboxylic acids is 3. The van der Waals surface area contributed by atoms with Crippen molar-refractivity contribution in [2.75, 3.05) is 19.0 Å². The van der Waals surface area contributed by atoms with Crippen molar-refractivity contribution in [2.45, 2.75) is 33.8 Å². The van der Waals surface area contributed by atoms with E-state index in [1.807, 2.05) is 13.0 Å². The number of aromatic nitrogens is 1. The molecule has 8 nitrogen and oxygen atoms in total. The second-order valence-corrected chi connectivity index (χ2v) is 7.73. The number of methoxy groups -OCH3 is 1. The van der Waals surface area contributed by atoms with Crippen LogP contribution in [0.15, 0.2) is 48.5 Å². The lowest BCUT2D eigenvalue weighted by Gasteiger charge is -2.19. The molecule has 0 aliphatic heterocycles. The topological polar surface area (TPSA) is 107 Å². The molecule has 0 spiro atoms. The first kappa shape index (κ1) is 24.6. The number of H-pyrrole nitrogens is 1. The molecular formula is C26H28N2O6. The Hall–Kier alpha value is -4.07. The van der Waals surface area contributed by atoms with Gasteiger partial charge in [-0.1, -0.05) is 36.4 Å². The highest BCUT2D eigenvalue weighted by molar-refractivity contribution is 6.01. The Morgan fingerprint density at radius 3 is 2.35 bits per heavy atom. The first-order valence-electron chi connectivity index (χ1n) is 10.8. The van der Waals surface area contributed by atoms with Crippen LogP contribution >= 0.6 is 0 Å². The average molecular weight is 465 g/mol. The number of anilines is 1. The Morgan fingerprint density at radius 2 is 1.71 bits per heavy atom. The molecule has 34 heavy (non-hydrogen) atoms. The smallest absolute Gasteiger partial charge is 0.356 e. The Labute approximate surface area is 198 Å². The molecule has 8 heteroatoms. The van der Waals surface area contributed by atoms with Crippen LogP contribution in [0.2, 0.25) is 0 Å². The molecule has 1 aromatic heterocycles. The van der Waals surface area contributed by atoms with Crippen molar-refractivity contribution in [3.63, 3.8) is 0 Å². The molecular weight excluding hydrogens is 436 g/mol. The van der Waals surface area contributed by atoms with E-state index < -0.39 is 23.9 Å². The van der Waals surface area contributed by atoms with Crippen LogP contribution in [0.5, 0.6) is 5.75 Å². The summed E-state index contributed by atoms with van der Waals surface area (Å²) in [5, 5.41) is 2.80. The molecule has 1 atom stereocenters. The number of nitrogens with one attached hydrogen (secondary N) is 2. The van der Waals surface area contributed by atoms with Crippen molar-refractivity contribution in [1.82, 2.24) is 4.98 Å². The number of carbonyl (C=O) groups is 3. The lowest BCUT2D eigenvalue weighted by Crippen LogP contribution is -2.26. The molecule has 0 saturated heterocycles. The van der Waals surface area contributed by atoms with Gasteiger partial charge < -0.3 is 24.5 Å². The molecule has 178 valence electrons. The molecule has 2 aromatic carbocycles. The number of aromatic amines is 1.